The standard InChI is InChI=1S/C17H9N3O2.C4H10S3.CO.Ru/c21-16-12-9-5-3-7-18-14(9)15-11(13(12)17(22)20-16)8-4-1-2-6-10(8)19-15;5-1-3-7-4-2-6;1-2;/h1-7,19H,(H,20,21,22);5-6H,1-4H2;;/q;;;+1/p-1. The van der Waals surface area contributed by atoms with Gasteiger partial charge in [0.2, 0.25) is 0 Å². The summed E-state index contributed by atoms with van der Waals surface area (Å²) in [4.78, 5) is 23.5. The van der Waals surface area contributed by atoms with Gasteiger partial charge in [-0.3, -0.25) is 9.78 Å². The third kappa shape index (κ3) is 5.06. The number of carbonyl (C=O) groups excluding carboxylic acids is 1. The number of nitrogens with zero attached hydrogens (tertiary/aromatic N) is 2. The van der Waals surface area contributed by atoms with Crippen LogP contribution in [-0.4, -0.2) is 44.8 Å². The van der Waals surface area contributed by atoms with Gasteiger partial charge in [-0.1, -0.05) is 24.3 Å². The van der Waals surface area contributed by atoms with Crippen LogP contribution in [0.25, 0.3) is 32.7 Å². The normalized spacial score (nSPS) is 11.8. The minimum Gasteiger partial charge on any atom is 1.00 e. The molecule has 4 aromatic rings. The molecule has 0 saturated carbocycles. The average molecular weight is 570 g/mol. The zero-order chi connectivity index (χ0) is 22.4. The molecule has 5 rings (SSSR count). The molecule has 0 bridgehead atoms. The Labute approximate surface area is 213 Å². The second-order valence-corrected chi connectivity index (χ2v) is 8.47. The zero-order valence-electron chi connectivity index (χ0n) is 16.6. The van der Waals surface area contributed by atoms with Crippen LogP contribution in [0.3, 0.4) is 0 Å². The van der Waals surface area contributed by atoms with Crippen molar-refractivity contribution in [2.75, 3.05) is 23.0 Å². The van der Waals surface area contributed by atoms with Gasteiger partial charge in [-0.2, -0.15) is 37.0 Å². The average Bonchev–Trinajstić information content (AvgIpc) is 3.33. The number of para-hydroxylation sites is 1. The van der Waals surface area contributed by atoms with Gasteiger partial charge in [0.05, 0.1) is 16.6 Å². The third-order valence-corrected chi connectivity index (χ3v) is 6.66. The quantitative estimate of drug-likeness (QED) is 0.115. The molecule has 3 heterocycles. The fraction of sp³-hybridized carbons (Fsp3) is 0.182. The van der Waals surface area contributed by atoms with Crippen LogP contribution >= 0.6 is 37.0 Å². The number of pyridine rings is 1. The molecule has 1 aliphatic heterocycles. The summed E-state index contributed by atoms with van der Waals surface area (Å²) in [5, 5.41) is 14.6. The smallest absolute Gasteiger partial charge is 1.00 e. The van der Waals surface area contributed by atoms with E-state index in [9.17, 15) is 9.90 Å². The number of hydrogen-bond acceptors (Lipinski definition) is 6. The number of aromatic nitrogens is 2. The van der Waals surface area contributed by atoms with Gasteiger partial charge in [0.15, 0.2) is 0 Å². The van der Waals surface area contributed by atoms with Crippen molar-refractivity contribution < 1.29 is 34.0 Å². The van der Waals surface area contributed by atoms with E-state index >= 15 is 0 Å². The third-order valence-electron chi connectivity index (χ3n) is 4.62. The number of aromatic amines is 1. The van der Waals surface area contributed by atoms with Crippen molar-refractivity contribution in [3.8, 4) is 0 Å². The van der Waals surface area contributed by atoms with E-state index in [1.165, 1.54) is 0 Å². The van der Waals surface area contributed by atoms with E-state index in [4.69, 9.17) is 4.65 Å². The number of thiol groups is 2. The predicted octanol–water partition coefficient (Wildman–Crippen LogP) is 3.67. The molecule has 0 fully saturated rings. The van der Waals surface area contributed by atoms with Crippen molar-refractivity contribution in [1.29, 1.82) is 0 Å². The number of benzene rings is 2. The maximum absolute atomic E-state index is 12.3. The topological polar surface area (TPSA) is 101 Å². The predicted molar refractivity (Wildman–Crippen MR) is 131 cm³/mol. The van der Waals surface area contributed by atoms with Gasteiger partial charge in [0, 0.05) is 50.8 Å². The molecule has 0 unspecified atom stereocenters. The van der Waals surface area contributed by atoms with E-state index < -0.39 is 11.8 Å². The molecule has 2 aromatic carbocycles. The molecule has 0 atom stereocenters. The van der Waals surface area contributed by atoms with E-state index in [0.29, 0.717) is 22.0 Å². The Morgan fingerprint density at radius 3 is 2.38 bits per heavy atom. The zero-order valence-corrected chi connectivity index (χ0v) is 21.0. The first-order valence-corrected chi connectivity index (χ1v) is 11.7. The van der Waals surface area contributed by atoms with Crippen LogP contribution in [0.15, 0.2) is 47.6 Å². The van der Waals surface area contributed by atoms with Crippen molar-refractivity contribution in [2.24, 2.45) is 4.99 Å². The number of aliphatic imine (C=N–C) groups is 1. The van der Waals surface area contributed by atoms with Gasteiger partial charge in [-0.15, -0.1) is 0 Å². The summed E-state index contributed by atoms with van der Waals surface area (Å²) in [6.07, 6.45) is 1.68. The number of fused-ring (bicyclic) bond motifs is 8. The largest absolute Gasteiger partial charge is 1.00 e. The second kappa shape index (κ2) is 12.4. The number of hydrogen-bond donors (Lipinski definition) is 3. The fourth-order valence-electron chi connectivity index (χ4n) is 3.52. The van der Waals surface area contributed by atoms with Crippen LogP contribution in [-0.2, 0) is 24.1 Å². The van der Waals surface area contributed by atoms with Gasteiger partial charge < -0.3 is 10.1 Å². The monoisotopic (exact) mass is 570 g/mol. The SMILES string of the molecule is O=C1N=C([O-])c2c1c1cccnc1c1[nH]c3ccccc3c21.SCCSCCS.[C-]#[O+].[Ru+]. The van der Waals surface area contributed by atoms with Gasteiger partial charge in [-0.05, 0) is 23.6 Å². The molecule has 1 N–H and O–H groups in total. The molecule has 1 radical (unpaired) electrons. The number of amides is 1. The van der Waals surface area contributed by atoms with Crippen molar-refractivity contribution in [1.82, 2.24) is 9.97 Å². The minimum atomic E-state index is -0.481. The van der Waals surface area contributed by atoms with E-state index in [-0.39, 0.29) is 19.5 Å². The van der Waals surface area contributed by atoms with E-state index in [2.05, 4.69) is 46.9 Å². The molecule has 165 valence electrons. The molecular weight excluding hydrogens is 552 g/mol. The summed E-state index contributed by atoms with van der Waals surface area (Å²) in [7, 11) is 0. The maximum Gasteiger partial charge on any atom is 1.00 e. The summed E-state index contributed by atoms with van der Waals surface area (Å²) in [6.45, 7) is 4.50. The second-order valence-electron chi connectivity index (χ2n) is 6.35. The molecule has 1 amide bonds. The molecule has 10 heteroatoms. The van der Waals surface area contributed by atoms with Crippen LogP contribution in [0.1, 0.15) is 15.9 Å². The fourth-order valence-corrected chi connectivity index (χ4v) is 4.75. The molecule has 2 aromatic heterocycles. The molecule has 32 heavy (non-hydrogen) atoms. The Bertz CT molecular complexity index is 1300. The Kier molecular flexibility index (Phi) is 10.3. The van der Waals surface area contributed by atoms with Crippen LogP contribution in [0.2, 0.25) is 0 Å². The van der Waals surface area contributed by atoms with Crippen molar-refractivity contribution in [3.05, 3.63) is 60.4 Å². The van der Waals surface area contributed by atoms with Crippen molar-refractivity contribution in [3.63, 3.8) is 0 Å². The molecule has 1 aliphatic rings. The van der Waals surface area contributed by atoms with Crippen LogP contribution in [0, 0.1) is 6.65 Å². The summed E-state index contributed by atoms with van der Waals surface area (Å²) in [5.41, 5.74) is 3.12. The number of thioether (sulfide) groups is 1. The first-order valence-electron chi connectivity index (χ1n) is 9.28. The minimum absolute atomic E-state index is 0. The molecular formula is C22H18N3O3RuS3. The number of nitrogens with one attached hydrogen (secondary N) is 1. The summed E-state index contributed by atoms with van der Waals surface area (Å²) >= 11 is 10.00. The summed E-state index contributed by atoms with van der Waals surface area (Å²) < 4.78 is 7.50. The number of rotatable bonds is 4. The van der Waals surface area contributed by atoms with Crippen LogP contribution in [0.5, 0.6) is 0 Å². The summed E-state index contributed by atoms with van der Waals surface area (Å²) in [6, 6.07) is 11.3. The number of H-pyrrole nitrogens is 1. The Morgan fingerprint density at radius 1 is 1.03 bits per heavy atom. The first kappa shape index (κ1) is 26.5. The maximum atomic E-state index is 12.3. The Hall–Kier alpha value is -1.80. The van der Waals surface area contributed by atoms with E-state index in [1.807, 2.05) is 36.0 Å². The van der Waals surface area contributed by atoms with Crippen LogP contribution in [0.4, 0.5) is 0 Å². The summed E-state index contributed by atoms with van der Waals surface area (Å²) in [5.74, 6) is 3.33. The molecule has 0 saturated heterocycles. The van der Waals surface area contributed by atoms with Crippen molar-refractivity contribution in [2.45, 2.75) is 0 Å². The number of carbonyl (C=O) groups is 1. The first-order chi connectivity index (χ1) is 15.2. The van der Waals surface area contributed by atoms with Gasteiger partial charge in [-0.25, -0.2) is 4.99 Å². The van der Waals surface area contributed by atoms with E-state index in [1.54, 1.807) is 18.3 Å². The molecule has 6 nitrogen and oxygen atoms in total. The van der Waals surface area contributed by atoms with Gasteiger partial charge in [0.25, 0.3) is 5.91 Å². The Balaban J connectivity index is 0.000000316. The molecule has 0 spiro atoms. The van der Waals surface area contributed by atoms with E-state index in [0.717, 1.165) is 44.8 Å². The van der Waals surface area contributed by atoms with Crippen molar-refractivity contribution >= 4 is 81.5 Å². The van der Waals surface area contributed by atoms with Crippen LogP contribution < -0.4 is 5.11 Å². The Morgan fingerprint density at radius 2 is 1.69 bits per heavy atom. The van der Waals surface area contributed by atoms with Gasteiger partial charge in [0.1, 0.15) is 0 Å². The van der Waals surface area contributed by atoms with Gasteiger partial charge >= 0.3 is 30.8 Å². The molecule has 0 aliphatic carbocycles.